The maximum atomic E-state index is 12.7. The van der Waals surface area contributed by atoms with Crippen LogP contribution in [0.15, 0.2) is 59.4 Å². The molecule has 1 N–H and O–H groups in total. The summed E-state index contributed by atoms with van der Waals surface area (Å²) in [5.41, 5.74) is 0.402. The van der Waals surface area contributed by atoms with Crippen LogP contribution < -0.4 is 15.8 Å². The predicted molar refractivity (Wildman–Crippen MR) is 99.2 cm³/mol. The van der Waals surface area contributed by atoms with Gasteiger partial charge in [0.15, 0.2) is 5.69 Å². The number of likely N-dealkylation sites (N-methyl/N-ethyl adjacent to an activating group) is 1. The molecule has 3 aromatic rings. The molecule has 0 aliphatic heterocycles. The first-order valence-electron chi connectivity index (χ1n) is 8.06. The van der Waals surface area contributed by atoms with Gasteiger partial charge >= 0.3 is 0 Å². The number of hydrogen-bond acceptors (Lipinski definition) is 4. The van der Waals surface area contributed by atoms with Crippen LogP contribution in [-0.2, 0) is 11.3 Å². The van der Waals surface area contributed by atoms with Gasteiger partial charge in [-0.05, 0) is 18.2 Å². The van der Waals surface area contributed by atoms with E-state index in [0.717, 1.165) is 4.68 Å². The van der Waals surface area contributed by atoms with Crippen LogP contribution in [0.25, 0.3) is 10.8 Å². The highest BCUT2D eigenvalue weighted by molar-refractivity contribution is 6.04. The van der Waals surface area contributed by atoms with Crippen molar-refractivity contribution in [3.8, 4) is 0 Å². The average molecular weight is 350 g/mol. The summed E-state index contributed by atoms with van der Waals surface area (Å²) in [6.45, 7) is -0.265. The average Bonchev–Trinajstić information content (AvgIpc) is 2.69. The van der Waals surface area contributed by atoms with Gasteiger partial charge in [-0.2, -0.15) is 5.10 Å². The summed E-state index contributed by atoms with van der Waals surface area (Å²) in [6.07, 6.45) is 0. The molecule has 0 aliphatic carbocycles. The molecule has 3 rings (SSSR count). The number of nitrogens with one attached hydrogen (secondary N) is 1. The molecule has 1 aromatic heterocycles. The number of aromatic nitrogens is 2. The fourth-order valence-corrected chi connectivity index (χ4v) is 2.66. The van der Waals surface area contributed by atoms with Crippen molar-refractivity contribution in [1.29, 1.82) is 0 Å². The van der Waals surface area contributed by atoms with Crippen LogP contribution in [0.5, 0.6) is 0 Å². The fourth-order valence-electron chi connectivity index (χ4n) is 2.66. The van der Waals surface area contributed by atoms with Gasteiger partial charge in [0, 0.05) is 25.2 Å². The summed E-state index contributed by atoms with van der Waals surface area (Å²) in [5, 5.41) is 7.44. The number of carbonyl (C=O) groups excluding carboxylic acids is 2. The Morgan fingerprint density at radius 1 is 1.04 bits per heavy atom. The van der Waals surface area contributed by atoms with E-state index in [1.807, 2.05) is 18.2 Å². The third-order valence-electron chi connectivity index (χ3n) is 4.11. The van der Waals surface area contributed by atoms with Crippen molar-refractivity contribution < 1.29 is 9.59 Å². The van der Waals surface area contributed by atoms with Gasteiger partial charge in [0.25, 0.3) is 11.5 Å². The maximum Gasteiger partial charge on any atom is 0.275 e. The number of carbonyl (C=O) groups is 2. The van der Waals surface area contributed by atoms with E-state index in [1.165, 1.54) is 11.9 Å². The Kier molecular flexibility index (Phi) is 4.79. The van der Waals surface area contributed by atoms with Crippen molar-refractivity contribution in [2.75, 3.05) is 19.0 Å². The Morgan fingerprint density at radius 3 is 2.31 bits per heavy atom. The Morgan fingerprint density at radius 2 is 1.65 bits per heavy atom. The van der Waals surface area contributed by atoms with Crippen LogP contribution in [0.1, 0.15) is 10.5 Å². The third-order valence-corrected chi connectivity index (χ3v) is 4.11. The largest absolute Gasteiger partial charge is 0.354 e. The maximum absolute atomic E-state index is 12.7. The minimum absolute atomic E-state index is 0.109. The van der Waals surface area contributed by atoms with Gasteiger partial charge in [0.05, 0.1) is 5.39 Å². The Hall–Kier alpha value is -3.48. The summed E-state index contributed by atoms with van der Waals surface area (Å²) >= 11 is 0. The number of hydrogen-bond donors (Lipinski definition) is 1. The van der Waals surface area contributed by atoms with Crippen molar-refractivity contribution in [2.45, 2.75) is 6.54 Å². The van der Waals surface area contributed by atoms with Gasteiger partial charge in [-0.1, -0.05) is 36.4 Å². The van der Waals surface area contributed by atoms with Gasteiger partial charge in [-0.25, -0.2) is 4.68 Å². The standard InChI is InChI=1S/C19H18N4O3/c1-20-18(25)17-14-10-6-7-11-15(14)19(26)23(21-17)12-16(24)22(2)13-8-4-3-5-9-13/h3-11H,12H2,1-2H3,(H,20,25). The third kappa shape index (κ3) is 3.19. The van der Waals surface area contributed by atoms with Gasteiger partial charge in [0.1, 0.15) is 6.54 Å². The molecule has 2 amide bonds. The minimum atomic E-state index is -0.418. The second kappa shape index (κ2) is 7.18. The summed E-state index contributed by atoms with van der Waals surface area (Å²) in [5.74, 6) is -0.734. The number of nitrogens with zero attached hydrogens (tertiary/aromatic N) is 3. The van der Waals surface area contributed by atoms with Crippen molar-refractivity contribution in [3.63, 3.8) is 0 Å². The van der Waals surface area contributed by atoms with Crippen LogP contribution in [0.2, 0.25) is 0 Å². The number of amides is 2. The normalized spacial score (nSPS) is 10.5. The predicted octanol–water partition coefficient (Wildman–Crippen LogP) is 1.42. The molecule has 1 heterocycles. The van der Waals surface area contributed by atoms with E-state index in [1.54, 1.807) is 43.4 Å². The number of anilines is 1. The smallest absolute Gasteiger partial charge is 0.275 e. The number of fused-ring (bicyclic) bond motifs is 1. The Labute approximate surface area is 149 Å². The minimum Gasteiger partial charge on any atom is -0.354 e. The molecule has 0 unspecified atom stereocenters. The highest BCUT2D eigenvalue weighted by Crippen LogP contribution is 2.14. The molecule has 0 radical (unpaired) electrons. The van der Waals surface area contributed by atoms with Crippen molar-refractivity contribution >= 4 is 28.3 Å². The number of para-hydroxylation sites is 1. The van der Waals surface area contributed by atoms with Crippen LogP contribution in [-0.4, -0.2) is 35.7 Å². The lowest BCUT2D eigenvalue weighted by atomic mass is 10.1. The van der Waals surface area contributed by atoms with Crippen LogP contribution in [0.4, 0.5) is 5.69 Å². The molecule has 0 aliphatic rings. The van der Waals surface area contributed by atoms with E-state index in [9.17, 15) is 14.4 Å². The summed E-state index contributed by atoms with van der Waals surface area (Å²) in [7, 11) is 3.12. The number of benzene rings is 2. The second-order valence-corrected chi connectivity index (χ2v) is 5.72. The Balaban J connectivity index is 2.02. The van der Waals surface area contributed by atoms with E-state index in [0.29, 0.717) is 16.5 Å². The van der Waals surface area contributed by atoms with Gasteiger partial charge in [0.2, 0.25) is 5.91 Å². The first-order valence-corrected chi connectivity index (χ1v) is 8.06. The monoisotopic (exact) mass is 350 g/mol. The van der Waals surface area contributed by atoms with Crippen molar-refractivity contribution in [3.05, 3.63) is 70.6 Å². The summed E-state index contributed by atoms with van der Waals surface area (Å²) < 4.78 is 1.04. The molecular formula is C19H18N4O3. The van der Waals surface area contributed by atoms with Crippen LogP contribution in [0.3, 0.4) is 0 Å². The molecule has 7 nitrogen and oxygen atoms in total. The highest BCUT2D eigenvalue weighted by atomic mass is 16.2. The Bertz CT molecular complexity index is 1030. The zero-order valence-electron chi connectivity index (χ0n) is 14.5. The summed E-state index contributed by atoms with van der Waals surface area (Å²) in [4.78, 5) is 38.9. The molecule has 0 saturated heterocycles. The molecule has 26 heavy (non-hydrogen) atoms. The SMILES string of the molecule is CNC(=O)c1nn(CC(=O)N(C)c2ccccc2)c(=O)c2ccccc12. The van der Waals surface area contributed by atoms with E-state index in [-0.39, 0.29) is 18.1 Å². The number of rotatable bonds is 4. The molecule has 7 heteroatoms. The zero-order chi connectivity index (χ0) is 18.7. The molecule has 2 aromatic carbocycles. The van der Waals surface area contributed by atoms with E-state index < -0.39 is 11.5 Å². The lowest BCUT2D eigenvalue weighted by Crippen LogP contribution is -2.36. The van der Waals surface area contributed by atoms with E-state index in [2.05, 4.69) is 10.4 Å². The van der Waals surface area contributed by atoms with Crippen LogP contribution >= 0.6 is 0 Å². The zero-order valence-corrected chi connectivity index (χ0v) is 14.5. The molecule has 0 spiro atoms. The second-order valence-electron chi connectivity index (χ2n) is 5.72. The molecule has 132 valence electrons. The molecule has 0 atom stereocenters. The molecule has 0 saturated carbocycles. The topological polar surface area (TPSA) is 84.3 Å². The van der Waals surface area contributed by atoms with Gasteiger partial charge < -0.3 is 10.2 Å². The van der Waals surface area contributed by atoms with Crippen molar-refractivity contribution in [2.24, 2.45) is 0 Å². The van der Waals surface area contributed by atoms with Crippen LogP contribution in [0, 0.1) is 0 Å². The molecule has 0 fully saturated rings. The van der Waals surface area contributed by atoms with E-state index >= 15 is 0 Å². The van der Waals surface area contributed by atoms with E-state index in [4.69, 9.17) is 0 Å². The van der Waals surface area contributed by atoms with Gasteiger partial charge in [-0.15, -0.1) is 0 Å². The van der Waals surface area contributed by atoms with Crippen molar-refractivity contribution in [1.82, 2.24) is 15.1 Å². The highest BCUT2D eigenvalue weighted by Gasteiger charge is 2.18. The lowest BCUT2D eigenvalue weighted by molar-refractivity contribution is -0.119. The first-order chi connectivity index (χ1) is 12.5. The summed E-state index contributed by atoms with van der Waals surface area (Å²) in [6, 6.07) is 15.8. The van der Waals surface area contributed by atoms with Gasteiger partial charge in [-0.3, -0.25) is 14.4 Å². The molecular weight excluding hydrogens is 332 g/mol. The first kappa shape index (κ1) is 17.3. The lowest BCUT2D eigenvalue weighted by Gasteiger charge is -2.18. The molecule has 0 bridgehead atoms. The quantitative estimate of drug-likeness (QED) is 0.771. The fraction of sp³-hybridized carbons (Fsp3) is 0.158.